The van der Waals surface area contributed by atoms with Gasteiger partial charge in [-0.3, -0.25) is 0 Å². The molecular weight excluding hydrogens is 420 g/mol. The highest BCUT2D eigenvalue weighted by Crippen LogP contribution is 2.34. The van der Waals surface area contributed by atoms with Gasteiger partial charge in [-0.1, -0.05) is 73.5 Å². The van der Waals surface area contributed by atoms with Gasteiger partial charge in [-0.25, -0.2) is 4.98 Å². The highest BCUT2D eigenvalue weighted by atomic mass is 32.2. The van der Waals surface area contributed by atoms with Gasteiger partial charge in [0.1, 0.15) is 11.1 Å². The van der Waals surface area contributed by atoms with Crippen LogP contribution in [0.5, 0.6) is 0 Å². The van der Waals surface area contributed by atoms with E-state index in [9.17, 15) is 10.4 Å². The molecule has 31 heavy (non-hydrogen) atoms. The summed E-state index contributed by atoms with van der Waals surface area (Å²) in [6.07, 6.45) is 1.91. The Morgan fingerprint density at radius 1 is 1.03 bits per heavy atom. The number of pyridine rings is 1. The van der Waals surface area contributed by atoms with Gasteiger partial charge in [0, 0.05) is 22.6 Å². The van der Waals surface area contributed by atoms with E-state index in [1.807, 2.05) is 48.5 Å². The lowest BCUT2D eigenvalue weighted by Crippen LogP contribution is -2.14. The summed E-state index contributed by atoms with van der Waals surface area (Å²) in [6, 6.07) is 22.6. The second kappa shape index (κ2) is 12.0. The second-order valence-electron chi connectivity index (χ2n) is 7.47. The van der Waals surface area contributed by atoms with Gasteiger partial charge < -0.3 is 5.11 Å². The van der Waals surface area contributed by atoms with Gasteiger partial charge in [0.25, 0.3) is 0 Å². The summed E-state index contributed by atoms with van der Waals surface area (Å²) in [6.45, 7) is 4.23. The Morgan fingerprint density at radius 2 is 1.77 bits per heavy atom. The topological polar surface area (TPSA) is 56.9 Å². The molecule has 0 amide bonds. The van der Waals surface area contributed by atoms with Gasteiger partial charge in [0.15, 0.2) is 0 Å². The minimum atomic E-state index is -0.427. The zero-order valence-electron chi connectivity index (χ0n) is 18.0. The third kappa shape index (κ3) is 6.61. The van der Waals surface area contributed by atoms with E-state index in [1.54, 1.807) is 11.8 Å². The standard InChI is InChI=1S/C26H28N2OS2/c1-3-4-14-30-17-22(29)18-31-26-24(16-27)23(20-12-10-19(2)11-13-20)15-25(28-26)21-8-6-5-7-9-21/h5-13,15,22,29H,3-4,14,17-18H2,1-2H3. The van der Waals surface area contributed by atoms with Crippen LogP contribution in [0.3, 0.4) is 0 Å². The lowest BCUT2D eigenvalue weighted by atomic mass is 9.98. The molecule has 1 N–H and O–H groups in total. The lowest BCUT2D eigenvalue weighted by molar-refractivity contribution is 0.225. The molecule has 0 spiro atoms. The zero-order chi connectivity index (χ0) is 22.1. The molecule has 1 atom stereocenters. The normalized spacial score (nSPS) is 11.8. The van der Waals surface area contributed by atoms with Crippen LogP contribution in [-0.2, 0) is 0 Å². The molecule has 0 radical (unpaired) electrons. The number of hydrogen-bond donors (Lipinski definition) is 1. The fourth-order valence-electron chi connectivity index (χ4n) is 3.14. The van der Waals surface area contributed by atoms with Gasteiger partial charge in [0.05, 0.1) is 17.4 Å². The van der Waals surface area contributed by atoms with Crippen LogP contribution in [-0.4, -0.2) is 33.5 Å². The summed E-state index contributed by atoms with van der Waals surface area (Å²) in [7, 11) is 0. The predicted molar refractivity (Wildman–Crippen MR) is 134 cm³/mol. The van der Waals surface area contributed by atoms with Crippen LogP contribution in [0, 0.1) is 18.3 Å². The summed E-state index contributed by atoms with van der Waals surface area (Å²) in [5.41, 5.74) is 5.48. The number of hydrogen-bond acceptors (Lipinski definition) is 5. The molecule has 3 rings (SSSR count). The second-order valence-corrected chi connectivity index (χ2v) is 9.63. The molecule has 2 aromatic carbocycles. The van der Waals surface area contributed by atoms with Crippen LogP contribution in [0.1, 0.15) is 30.9 Å². The monoisotopic (exact) mass is 448 g/mol. The summed E-state index contributed by atoms with van der Waals surface area (Å²) < 4.78 is 0. The predicted octanol–water partition coefficient (Wildman–Crippen LogP) is 6.58. The first-order chi connectivity index (χ1) is 15.1. The van der Waals surface area contributed by atoms with Crippen LogP contribution in [0.4, 0.5) is 0 Å². The summed E-state index contributed by atoms with van der Waals surface area (Å²) >= 11 is 3.25. The van der Waals surface area contributed by atoms with Crippen molar-refractivity contribution in [3.8, 4) is 28.5 Å². The van der Waals surface area contributed by atoms with E-state index in [4.69, 9.17) is 4.98 Å². The van der Waals surface area contributed by atoms with Crippen LogP contribution in [0.25, 0.3) is 22.4 Å². The Balaban J connectivity index is 1.92. The van der Waals surface area contributed by atoms with Crippen molar-refractivity contribution >= 4 is 23.5 Å². The van der Waals surface area contributed by atoms with E-state index in [2.05, 4.69) is 32.0 Å². The van der Waals surface area contributed by atoms with Crippen molar-refractivity contribution in [3.63, 3.8) is 0 Å². The van der Waals surface area contributed by atoms with Crippen molar-refractivity contribution in [1.82, 2.24) is 4.98 Å². The highest BCUT2D eigenvalue weighted by molar-refractivity contribution is 8.00. The SMILES string of the molecule is CCCCSCC(O)CSc1nc(-c2ccccc2)cc(-c2ccc(C)cc2)c1C#N. The fourth-order valence-corrected chi connectivity index (χ4v) is 5.27. The molecule has 3 nitrogen and oxygen atoms in total. The first-order valence-corrected chi connectivity index (χ1v) is 12.7. The number of unbranched alkanes of at least 4 members (excludes halogenated alkanes) is 1. The maximum absolute atomic E-state index is 10.4. The van der Waals surface area contributed by atoms with E-state index in [0.717, 1.165) is 28.1 Å². The molecule has 0 aliphatic heterocycles. The van der Waals surface area contributed by atoms with Crippen molar-refractivity contribution in [3.05, 3.63) is 71.8 Å². The van der Waals surface area contributed by atoms with E-state index in [0.29, 0.717) is 22.1 Å². The van der Waals surface area contributed by atoms with Gasteiger partial charge in [-0.15, -0.1) is 11.8 Å². The largest absolute Gasteiger partial charge is 0.391 e. The summed E-state index contributed by atoms with van der Waals surface area (Å²) in [5, 5.41) is 21.1. The average Bonchev–Trinajstić information content (AvgIpc) is 2.81. The first kappa shape index (κ1) is 23.4. The lowest BCUT2D eigenvalue weighted by Gasteiger charge is -2.14. The van der Waals surface area contributed by atoms with Crippen molar-refractivity contribution in [2.75, 3.05) is 17.3 Å². The Hall–Kier alpha value is -2.26. The summed E-state index contributed by atoms with van der Waals surface area (Å²) in [4.78, 5) is 4.82. The molecule has 0 saturated heterocycles. The number of aromatic nitrogens is 1. The molecule has 0 fully saturated rings. The number of aliphatic hydroxyl groups is 1. The van der Waals surface area contributed by atoms with Crippen LogP contribution in [0.15, 0.2) is 65.7 Å². The molecule has 5 heteroatoms. The van der Waals surface area contributed by atoms with Crippen LogP contribution >= 0.6 is 23.5 Å². The molecule has 1 heterocycles. The average molecular weight is 449 g/mol. The number of aryl methyl sites for hydroxylation is 1. The van der Waals surface area contributed by atoms with Crippen molar-refractivity contribution in [2.24, 2.45) is 0 Å². The minimum absolute atomic E-state index is 0.427. The molecule has 0 saturated carbocycles. The van der Waals surface area contributed by atoms with Crippen molar-refractivity contribution in [2.45, 2.75) is 37.8 Å². The molecule has 0 aliphatic carbocycles. The number of nitrogens with zero attached hydrogens (tertiary/aromatic N) is 2. The van der Waals surface area contributed by atoms with Crippen molar-refractivity contribution < 1.29 is 5.11 Å². The number of thioether (sulfide) groups is 2. The third-order valence-corrected chi connectivity index (χ3v) is 7.21. The van der Waals surface area contributed by atoms with E-state index in [-0.39, 0.29) is 0 Å². The zero-order valence-corrected chi connectivity index (χ0v) is 19.7. The van der Waals surface area contributed by atoms with Crippen LogP contribution < -0.4 is 0 Å². The maximum atomic E-state index is 10.4. The smallest absolute Gasteiger partial charge is 0.115 e. The molecule has 160 valence electrons. The quantitative estimate of drug-likeness (QED) is 0.280. The van der Waals surface area contributed by atoms with Crippen LogP contribution in [0.2, 0.25) is 0 Å². The van der Waals surface area contributed by atoms with Gasteiger partial charge in [-0.2, -0.15) is 17.0 Å². The molecule has 1 unspecified atom stereocenters. The third-order valence-electron chi connectivity index (χ3n) is 4.90. The van der Waals surface area contributed by atoms with Crippen molar-refractivity contribution in [1.29, 1.82) is 5.26 Å². The number of aliphatic hydroxyl groups excluding tert-OH is 1. The highest BCUT2D eigenvalue weighted by Gasteiger charge is 2.17. The molecule has 0 bridgehead atoms. The Morgan fingerprint density at radius 3 is 2.45 bits per heavy atom. The molecule has 1 aromatic heterocycles. The number of benzene rings is 2. The van der Waals surface area contributed by atoms with Gasteiger partial charge in [0.2, 0.25) is 0 Å². The summed E-state index contributed by atoms with van der Waals surface area (Å²) in [5.74, 6) is 2.30. The number of rotatable bonds is 10. The van der Waals surface area contributed by atoms with Gasteiger partial charge >= 0.3 is 0 Å². The maximum Gasteiger partial charge on any atom is 0.115 e. The Labute approximate surface area is 193 Å². The van der Waals surface area contributed by atoms with E-state index < -0.39 is 6.10 Å². The Kier molecular flexibility index (Phi) is 9.02. The van der Waals surface area contributed by atoms with E-state index in [1.165, 1.54) is 30.2 Å². The first-order valence-electron chi connectivity index (χ1n) is 10.6. The molecule has 3 aromatic rings. The number of nitriles is 1. The molecular formula is C26H28N2OS2. The molecule has 0 aliphatic rings. The van der Waals surface area contributed by atoms with Gasteiger partial charge in [-0.05, 0) is 30.7 Å². The van der Waals surface area contributed by atoms with E-state index >= 15 is 0 Å². The minimum Gasteiger partial charge on any atom is -0.391 e. The Bertz CT molecular complexity index is 1010. The fraction of sp³-hybridized carbons (Fsp3) is 0.308.